The number of rotatable bonds is 4. The molecule has 0 amide bonds. The summed E-state index contributed by atoms with van der Waals surface area (Å²) in [5.41, 5.74) is 1.69. The van der Waals surface area contributed by atoms with Crippen LogP contribution in [0.25, 0.3) is 10.9 Å². The van der Waals surface area contributed by atoms with Crippen LogP contribution in [0.5, 0.6) is 11.5 Å². The number of pyridine rings is 1. The lowest BCUT2D eigenvalue weighted by atomic mass is 10.2. The van der Waals surface area contributed by atoms with E-state index in [9.17, 15) is 4.79 Å². The van der Waals surface area contributed by atoms with Gasteiger partial charge in [-0.1, -0.05) is 30.3 Å². The average molecular weight is 281 g/mol. The number of aromatic amines is 1. The molecule has 106 valence electrons. The van der Waals surface area contributed by atoms with E-state index in [1.165, 1.54) is 13.2 Å². The molecule has 2 aromatic carbocycles. The summed E-state index contributed by atoms with van der Waals surface area (Å²) in [6, 6.07) is 15.0. The van der Waals surface area contributed by atoms with Gasteiger partial charge < -0.3 is 14.5 Å². The second-order valence-electron chi connectivity index (χ2n) is 4.64. The Hall–Kier alpha value is -2.75. The summed E-state index contributed by atoms with van der Waals surface area (Å²) < 4.78 is 11.2. The lowest BCUT2D eigenvalue weighted by molar-refractivity contribution is 0.286. The van der Waals surface area contributed by atoms with Gasteiger partial charge in [0.25, 0.3) is 0 Å². The number of hydrogen-bond donors (Lipinski definition) is 1. The van der Waals surface area contributed by atoms with Crippen LogP contribution < -0.4 is 14.9 Å². The lowest BCUT2D eigenvalue weighted by Crippen LogP contribution is -2.05. The Labute approximate surface area is 122 Å². The minimum atomic E-state index is -0.0919. The maximum Gasteiger partial charge on any atom is 0.193 e. The van der Waals surface area contributed by atoms with Crippen LogP contribution in [0, 0.1) is 0 Å². The molecule has 21 heavy (non-hydrogen) atoms. The molecule has 0 atom stereocenters. The standard InChI is InChI=1S/C17H15NO3/c1-20-17-15(21-11-12-5-3-2-4-6-12)8-7-13-16(17)14(19)9-10-18-13/h2-10H,11H2,1H3,(H,18,19). The van der Waals surface area contributed by atoms with Crippen molar-refractivity contribution in [1.82, 2.24) is 4.98 Å². The first-order valence-corrected chi connectivity index (χ1v) is 6.64. The molecule has 0 saturated carbocycles. The summed E-state index contributed by atoms with van der Waals surface area (Å²) in [7, 11) is 1.54. The Kier molecular flexibility index (Phi) is 3.60. The molecular weight excluding hydrogens is 266 g/mol. The van der Waals surface area contributed by atoms with E-state index in [0.717, 1.165) is 11.1 Å². The molecule has 0 spiro atoms. The number of nitrogens with one attached hydrogen (secondary N) is 1. The average Bonchev–Trinajstić information content (AvgIpc) is 2.53. The number of hydrogen-bond acceptors (Lipinski definition) is 3. The monoisotopic (exact) mass is 281 g/mol. The number of H-pyrrole nitrogens is 1. The first kappa shape index (κ1) is 13.2. The molecule has 3 aromatic rings. The van der Waals surface area contributed by atoms with Crippen LogP contribution in [0.1, 0.15) is 5.56 Å². The van der Waals surface area contributed by atoms with E-state index >= 15 is 0 Å². The third-order valence-corrected chi connectivity index (χ3v) is 3.28. The molecule has 1 N–H and O–H groups in total. The molecular formula is C17H15NO3. The van der Waals surface area contributed by atoms with Crippen LogP contribution in [0.15, 0.2) is 59.5 Å². The second kappa shape index (κ2) is 5.71. The smallest absolute Gasteiger partial charge is 0.193 e. The highest BCUT2D eigenvalue weighted by Gasteiger charge is 2.12. The molecule has 0 bridgehead atoms. The highest BCUT2D eigenvalue weighted by molar-refractivity contribution is 5.87. The molecule has 0 unspecified atom stereocenters. The van der Waals surface area contributed by atoms with Crippen molar-refractivity contribution in [3.63, 3.8) is 0 Å². The van der Waals surface area contributed by atoms with E-state index in [-0.39, 0.29) is 5.43 Å². The van der Waals surface area contributed by atoms with Crippen LogP contribution >= 0.6 is 0 Å². The summed E-state index contributed by atoms with van der Waals surface area (Å²) in [5, 5.41) is 0.505. The van der Waals surface area contributed by atoms with Gasteiger partial charge in [-0.05, 0) is 17.7 Å². The molecule has 4 nitrogen and oxygen atoms in total. The van der Waals surface area contributed by atoms with Crippen molar-refractivity contribution in [2.24, 2.45) is 0 Å². The first-order chi connectivity index (χ1) is 10.3. The summed E-state index contributed by atoms with van der Waals surface area (Å²) in [5.74, 6) is 1.02. The molecule has 0 fully saturated rings. The Balaban J connectivity index is 1.99. The molecule has 0 aliphatic carbocycles. The SMILES string of the molecule is COc1c(OCc2ccccc2)ccc2[nH]ccc(=O)c12. The van der Waals surface area contributed by atoms with Crippen molar-refractivity contribution in [2.75, 3.05) is 7.11 Å². The van der Waals surface area contributed by atoms with Crippen molar-refractivity contribution < 1.29 is 9.47 Å². The van der Waals surface area contributed by atoms with Crippen LogP contribution in [-0.4, -0.2) is 12.1 Å². The number of methoxy groups -OCH3 is 1. The van der Waals surface area contributed by atoms with Crippen LogP contribution in [0.4, 0.5) is 0 Å². The van der Waals surface area contributed by atoms with Crippen LogP contribution in [-0.2, 0) is 6.61 Å². The van der Waals surface area contributed by atoms with Gasteiger partial charge in [0.2, 0.25) is 0 Å². The zero-order valence-electron chi connectivity index (χ0n) is 11.6. The zero-order chi connectivity index (χ0) is 14.7. The summed E-state index contributed by atoms with van der Waals surface area (Å²) >= 11 is 0. The normalized spacial score (nSPS) is 10.5. The maximum atomic E-state index is 12.0. The van der Waals surface area contributed by atoms with Crippen molar-refractivity contribution in [3.05, 3.63) is 70.5 Å². The van der Waals surface area contributed by atoms with Crippen molar-refractivity contribution >= 4 is 10.9 Å². The second-order valence-corrected chi connectivity index (χ2v) is 4.64. The quantitative estimate of drug-likeness (QED) is 0.799. The van der Waals surface area contributed by atoms with E-state index in [0.29, 0.717) is 23.5 Å². The summed E-state index contributed by atoms with van der Waals surface area (Å²) in [4.78, 5) is 15.1. The number of benzene rings is 2. The summed E-state index contributed by atoms with van der Waals surface area (Å²) in [6.07, 6.45) is 1.62. The molecule has 0 radical (unpaired) electrons. The fourth-order valence-electron chi connectivity index (χ4n) is 2.27. The number of aromatic nitrogens is 1. The molecule has 0 aliphatic heterocycles. The molecule has 4 heteroatoms. The summed E-state index contributed by atoms with van der Waals surface area (Å²) in [6.45, 7) is 0.424. The molecule has 1 aromatic heterocycles. The minimum Gasteiger partial charge on any atom is -0.492 e. The predicted molar refractivity (Wildman–Crippen MR) is 81.9 cm³/mol. The van der Waals surface area contributed by atoms with Crippen LogP contribution in [0.3, 0.4) is 0 Å². The van der Waals surface area contributed by atoms with Crippen molar-refractivity contribution in [2.45, 2.75) is 6.61 Å². The number of fused-ring (bicyclic) bond motifs is 1. The van der Waals surface area contributed by atoms with Gasteiger partial charge >= 0.3 is 0 Å². The van der Waals surface area contributed by atoms with Gasteiger partial charge in [-0.2, -0.15) is 0 Å². The highest BCUT2D eigenvalue weighted by atomic mass is 16.5. The Morgan fingerprint density at radius 2 is 1.86 bits per heavy atom. The third kappa shape index (κ3) is 2.60. The van der Waals surface area contributed by atoms with Gasteiger partial charge in [0, 0.05) is 12.3 Å². The highest BCUT2D eigenvalue weighted by Crippen LogP contribution is 2.33. The largest absolute Gasteiger partial charge is 0.492 e. The van der Waals surface area contributed by atoms with Gasteiger partial charge in [-0.3, -0.25) is 4.79 Å². The molecule has 3 rings (SSSR count). The van der Waals surface area contributed by atoms with Gasteiger partial charge in [0.05, 0.1) is 18.0 Å². The van der Waals surface area contributed by atoms with Crippen molar-refractivity contribution in [1.29, 1.82) is 0 Å². The van der Waals surface area contributed by atoms with Gasteiger partial charge in [0.1, 0.15) is 6.61 Å². The zero-order valence-corrected chi connectivity index (χ0v) is 11.6. The van der Waals surface area contributed by atoms with Crippen molar-refractivity contribution in [3.8, 4) is 11.5 Å². The van der Waals surface area contributed by atoms with Gasteiger partial charge in [-0.25, -0.2) is 0 Å². The Morgan fingerprint density at radius 3 is 2.62 bits per heavy atom. The fraction of sp³-hybridized carbons (Fsp3) is 0.118. The lowest BCUT2D eigenvalue weighted by Gasteiger charge is -2.12. The van der Waals surface area contributed by atoms with E-state index in [1.54, 1.807) is 12.3 Å². The van der Waals surface area contributed by atoms with Gasteiger partial charge in [0.15, 0.2) is 16.9 Å². The number of ether oxygens (including phenoxy) is 2. The van der Waals surface area contributed by atoms with E-state index in [1.807, 2.05) is 36.4 Å². The molecule has 1 heterocycles. The first-order valence-electron chi connectivity index (χ1n) is 6.64. The molecule has 0 aliphatic rings. The van der Waals surface area contributed by atoms with E-state index in [4.69, 9.17) is 9.47 Å². The van der Waals surface area contributed by atoms with E-state index < -0.39 is 0 Å². The van der Waals surface area contributed by atoms with E-state index in [2.05, 4.69) is 4.98 Å². The third-order valence-electron chi connectivity index (χ3n) is 3.28. The van der Waals surface area contributed by atoms with Gasteiger partial charge in [-0.15, -0.1) is 0 Å². The molecule has 0 saturated heterocycles. The van der Waals surface area contributed by atoms with Crippen LogP contribution in [0.2, 0.25) is 0 Å². The predicted octanol–water partition coefficient (Wildman–Crippen LogP) is 3.12. The Bertz CT molecular complexity index is 809. The fourth-order valence-corrected chi connectivity index (χ4v) is 2.27. The maximum absolute atomic E-state index is 12.0. The topological polar surface area (TPSA) is 51.3 Å². The minimum absolute atomic E-state index is 0.0919. The Morgan fingerprint density at radius 1 is 1.05 bits per heavy atom.